The van der Waals surface area contributed by atoms with Crippen molar-refractivity contribution in [1.29, 1.82) is 0 Å². The molecule has 10 heteroatoms. The van der Waals surface area contributed by atoms with Gasteiger partial charge in [0.2, 0.25) is 10.0 Å². The van der Waals surface area contributed by atoms with Crippen LogP contribution in [-0.4, -0.2) is 61.2 Å². The van der Waals surface area contributed by atoms with Gasteiger partial charge >= 0.3 is 5.69 Å². The van der Waals surface area contributed by atoms with Gasteiger partial charge in [0.15, 0.2) is 12.4 Å². The second-order valence-electron chi connectivity index (χ2n) is 6.61. The molecule has 1 aliphatic heterocycles. The fourth-order valence-electron chi connectivity index (χ4n) is 3.04. The van der Waals surface area contributed by atoms with Crippen LogP contribution in [0.25, 0.3) is 0 Å². The van der Waals surface area contributed by atoms with E-state index < -0.39 is 14.9 Å². The topological polar surface area (TPSA) is 110 Å². The predicted molar refractivity (Wildman–Crippen MR) is 105 cm³/mol. The third-order valence-corrected chi connectivity index (χ3v) is 6.55. The van der Waals surface area contributed by atoms with Crippen molar-refractivity contribution >= 4 is 21.6 Å². The maximum Gasteiger partial charge on any atom is 0.311 e. The van der Waals surface area contributed by atoms with Crippen molar-refractivity contribution in [2.24, 2.45) is 0 Å². The minimum Gasteiger partial charge on any atom is -0.477 e. The highest BCUT2D eigenvalue weighted by Crippen LogP contribution is 2.27. The molecule has 0 aliphatic carbocycles. The van der Waals surface area contributed by atoms with Gasteiger partial charge in [-0.25, -0.2) is 8.42 Å². The zero-order valence-corrected chi connectivity index (χ0v) is 16.7. The van der Waals surface area contributed by atoms with E-state index >= 15 is 0 Å². The number of benzene rings is 2. The van der Waals surface area contributed by atoms with Crippen LogP contribution < -0.4 is 4.74 Å². The molecule has 0 bridgehead atoms. The quantitative estimate of drug-likeness (QED) is 0.522. The molecule has 0 unspecified atom stereocenters. The molecule has 3 rings (SSSR count). The Labute approximate surface area is 168 Å². The van der Waals surface area contributed by atoms with Gasteiger partial charge in [0, 0.05) is 32.2 Å². The highest BCUT2D eigenvalue weighted by Gasteiger charge is 2.30. The molecule has 0 aromatic heterocycles. The molecule has 0 spiro atoms. The van der Waals surface area contributed by atoms with Crippen LogP contribution in [0.2, 0.25) is 0 Å². The summed E-state index contributed by atoms with van der Waals surface area (Å²) >= 11 is 0. The van der Waals surface area contributed by atoms with Gasteiger partial charge in [0.25, 0.3) is 5.91 Å². The molecule has 1 saturated heterocycles. The van der Waals surface area contributed by atoms with Gasteiger partial charge in [-0.3, -0.25) is 14.9 Å². The lowest BCUT2D eigenvalue weighted by atomic mass is 10.2. The van der Waals surface area contributed by atoms with Gasteiger partial charge in [-0.2, -0.15) is 4.31 Å². The number of piperazine rings is 1. The Morgan fingerprint density at radius 2 is 1.76 bits per heavy atom. The lowest BCUT2D eigenvalue weighted by Gasteiger charge is -2.33. The van der Waals surface area contributed by atoms with E-state index in [0.717, 1.165) is 0 Å². The molecule has 1 heterocycles. The number of nitro benzene ring substituents is 1. The van der Waals surface area contributed by atoms with Crippen LogP contribution in [0.3, 0.4) is 0 Å². The lowest BCUT2D eigenvalue weighted by Crippen LogP contribution is -2.51. The predicted octanol–water partition coefficient (Wildman–Crippen LogP) is 1.82. The number of amides is 1. The van der Waals surface area contributed by atoms with E-state index in [1.807, 2.05) is 0 Å². The molecule has 2 aromatic rings. The Bertz CT molecular complexity index is 1000. The zero-order valence-electron chi connectivity index (χ0n) is 15.9. The summed E-state index contributed by atoms with van der Waals surface area (Å²) in [6.45, 7) is 2.18. The van der Waals surface area contributed by atoms with Gasteiger partial charge < -0.3 is 9.64 Å². The fourth-order valence-corrected chi connectivity index (χ4v) is 4.49. The summed E-state index contributed by atoms with van der Waals surface area (Å²) in [5, 5.41) is 11.1. The fraction of sp³-hybridized carbons (Fsp3) is 0.316. The largest absolute Gasteiger partial charge is 0.477 e. The van der Waals surface area contributed by atoms with Crippen molar-refractivity contribution in [2.45, 2.75) is 11.8 Å². The maximum absolute atomic E-state index is 12.6. The Kier molecular flexibility index (Phi) is 6.14. The van der Waals surface area contributed by atoms with Crippen LogP contribution in [0, 0.1) is 17.0 Å². The number of carbonyl (C=O) groups excluding carboxylic acids is 1. The summed E-state index contributed by atoms with van der Waals surface area (Å²) in [6, 6.07) is 12.7. The molecule has 0 atom stereocenters. The van der Waals surface area contributed by atoms with Gasteiger partial charge in [-0.05, 0) is 30.7 Å². The first kappa shape index (κ1) is 20.7. The molecule has 29 heavy (non-hydrogen) atoms. The standard InChI is InChI=1S/C19H21N3O6S/c1-15-7-8-18(17(13-15)22(24)25)28-14-19(23)20-9-11-21(12-10-20)29(26,27)16-5-3-2-4-6-16/h2-8,13H,9-12,14H2,1H3. The molecule has 0 N–H and O–H groups in total. The highest BCUT2D eigenvalue weighted by atomic mass is 32.2. The van der Waals surface area contributed by atoms with Crippen molar-refractivity contribution in [2.75, 3.05) is 32.8 Å². The van der Waals surface area contributed by atoms with Crippen molar-refractivity contribution in [3.05, 3.63) is 64.2 Å². The first-order valence-corrected chi connectivity index (χ1v) is 10.4. The molecular formula is C19H21N3O6S. The van der Waals surface area contributed by atoms with E-state index in [1.54, 1.807) is 31.2 Å². The zero-order chi connectivity index (χ0) is 21.0. The second kappa shape index (κ2) is 8.58. The van der Waals surface area contributed by atoms with Gasteiger partial charge in [0.05, 0.1) is 9.82 Å². The SMILES string of the molecule is Cc1ccc(OCC(=O)N2CCN(S(=O)(=O)c3ccccc3)CC2)c([N+](=O)[O-])c1. The molecule has 2 aromatic carbocycles. The molecule has 1 fully saturated rings. The highest BCUT2D eigenvalue weighted by molar-refractivity contribution is 7.89. The molecule has 1 aliphatic rings. The van der Waals surface area contributed by atoms with Gasteiger partial charge in [0.1, 0.15) is 0 Å². The van der Waals surface area contributed by atoms with E-state index in [9.17, 15) is 23.3 Å². The average molecular weight is 419 g/mol. The van der Waals surface area contributed by atoms with E-state index in [-0.39, 0.29) is 55.0 Å². The van der Waals surface area contributed by atoms with Crippen LogP contribution in [0.15, 0.2) is 53.4 Å². The minimum atomic E-state index is -3.60. The minimum absolute atomic E-state index is 0.0271. The smallest absolute Gasteiger partial charge is 0.311 e. The van der Waals surface area contributed by atoms with E-state index in [4.69, 9.17) is 4.74 Å². The van der Waals surface area contributed by atoms with Gasteiger partial charge in [-0.15, -0.1) is 0 Å². The van der Waals surface area contributed by atoms with Crippen LogP contribution in [0.4, 0.5) is 5.69 Å². The Morgan fingerprint density at radius 1 is 1.10 bits per heavy atom. The number of nitro groups is 1. The number of carbonyl (C=O) groups is 1. The Balaban J connectivity index is 1.58. The molecule has 0 saturated carbocycles. The first-order valence-electron chi connectivity index (χ1n) is 9.00. The molecule has 154 valence electrons. The number of nitrogens with zero attached hydrogens (tertiary/aromatic N) is 3. The molecule has 9 nitrogen and oxygen atoms in total. The third-order valence-electron chi connectivity index (χ3n) is 4.63. The summed E-state index contributed by atoms with van der Waals surface area (Å²) in [4.78, 5) is 24.7. The normalized spacial score (nSPS) is 15.1. The van der Waals surface area contributed by atoms with E-state index in [1.165, 1.54) is 33.5 Å². The Morgan fingerprint density at radius 3 is 2.38 bits per heavy atom. The lowest BCUT2D eigenvalue weighted by molar-refractivity contribution is -0.385. The summed E-state index contributed by atoms with van der Waals surface area (Å²) in [5.41, 5.74) is 0.516. The van der Waals surface area contributed by atoms with Crippen molar-refractivity contribution < 1.29 is 22.9 Å². The maximum atomic E-state index is 12.6. The summed E-state index contributed by atoms with van der Waals surface area (Å²) in [5.74, 6) is -0.323. The Hall–Kier alpha value is -2.98. The number of ether oxygens (including phenoxy) is 1. The first-order chi connectivity index (χ1) is 13.8. The number of hydrogen-bond acceptors (Lipinski definition) is 6. The van der Waals surface area contributed by atoms with Crippen LogP contribution in [0.1, 0.15) is 5.56 Å². The van der Waals surface area contributed by atoms with Crippen LogP contribution in [0.5, 0.6) is 5.75 Å². The number of sulfonamides is 1. The van der Waals surface area contributed by atoms with Crippen molar-refractivity contribution in [3.8, 4) is 5.75 Å². The summed E-state index contributed by atoms with van der Waals surface area (Å²) in [6.07, 6.45) is 0. The number of aryl methyl sites for hydroxylation is 1. The van der Waals surface area contributed by atoms with E-state index in [0.29, 0.717) is 5.56 Å². The average Bonchev–Trinajstić information content (AvgIpc) is 2.73. The van der Waals surface area contributed by atoms with E-state index in [2.05, 4.69) is 0 Å². The summed E-state index contributed by atoms with van der Waals surface area (Å²) in [7, 11) is -3.60. The molecule has 1 amide bonds. The molecule has 0 radical (unpaired) electrons. The van der Waals surface area contributed by atoms with Crippen LogP contribution in [-0.2, 0) is 14.8 Å². The van der Waals surface area contributed by atoms with Crippen molar-refractivity contribution in [3.63, 3.8) is 0 Å². The van der Waals surface area contributed by atoms with Crippen molar-refractivity contribution in [1.82, 2.24) is 9.21 Å². The monoisotopic (exact) mass is 419 g/mol. The van der Waals surface area contributed by atoms with Crippen LogP contribution >= 0.6 is 0 Å². The number of rotatable bonds is 6. The second-order valence-corrected chi connectivity index (χ2v) is 8.55. The number of hydrogen-bond donors (Lipinski definition) is 0. The summed E-state index contributed by atoms with van der Waals surface area (Å²) < 4.78 is 32.0. The molecular weight excluding hydrogens is 398 g/mol. The van der Waals surface area contributed by atoms with Gasteiger partial charge in [-0.1, -0.05) is 24.3 Å². The third kappa shape index (κ3) is 4.72.